The number of nitrogens with one attached hydrogen (secondary N) is 1. The molecule has 0 aliphatic heterocycles. The van der Waals surface area contributed by atoms with E-state index in [1.807, 2.05) is 27.7 Å². The van der Waals surface area contributed by atoms with Gasteiger partial charge in [-0.25, -0.2) is 15.0 Å². The first-order valence-electron chi connectivity index (χ1n) is 10.3. The van der Waals surface area contributed by atoms with E-state index >= 15 is 0 Å². The van der Waals surface area contributed by atoms with Crippen LogP contribution in [0.1, 0.15) is 57.0 Å². The number of hydrogen-bond donors (Lipinski definition) is 2. The van der Waals surface area contributed by atoms with Gasteiger partial charge in [0.2, 0.25) is 0 Å². The fraction of sp³-hybridized carbons (Fsp3) is 0.650. The number of fused-ring (bicyclic) bond motifs is 1. The number of hydrogen-bond acceptors (Lipinski definition) is 5. The number of aryl methyl sites for hydroxylation is 2. The van der Waals surface area contributed by atoms with Crippen LogP contribution in [-0.4, -0.2) is 31.9 Å². The van der Waals surface area contributed by atoms with E-state index in [9.17, 15) is 27.6 Å². The van der Waals surface area contributed by atoms with Crippen LogP contribution >= 0.6 is 11.3 Å². The molecule has 8 nitrogen and oxygen atoms in total. The highest BCUT2D eigenvalue weighted by atomic mass is 32.1. The molecule has 2 atom stereocenters. The van der Waals surface area contributed by atoms with Gasteiger partial charge < -0.3 is 5.73 Å². The van der Waals surface area contributed by atoms with E-state index in [0.29, 0.717) is 16.9 Å². The van der Waals surface area contributed by atoms with Crippen LogP contribution in [-0.2, 0) is 13.1 Å². The van der Waals surface area contributed by atoms with Gasteiger partial charge in [-0.05, 0) is 45.6 Å². The van der Waals surface area contributed by atoms with Gasteiger partial charge in [0.05, 0.1) is 18.4 Å². The Morgan fingerprint density at radius 2 is 1.88 bits per heavy atom. The number of urea groups is 1. The number of rotatable bonds is 6. The Bertz CT molecular complexity index is 1160. The van der Waals surface area contributed by atoms with Crippen LogP contribution < -0.4 is 22.4 Å². The summed E-state index contributed by atoms with van der Waals surface area (Å²) in [6.45, 7) is 8.49. The van der Waals surface area contributed by atoms with Crippen LogP contribution in [0, 0.1) is 12.8 Å². The molecule has 0 spiro atoms. The van der Waals surface area contributed by atoms with Gasteiger partial charge in [0.15, 0.2) is 0 Å². The van der Waals surface area contributed by atoms with E-state index in [1.165, 1.54) is 5.01 Å². The van der Waals surface area contributed by atoms with Crippen LogP contribution in [0.25, 0.3) is 10.2 Å². The topological polar surface area (TPSA) is 102 Å². The van der Waals surface area contributed by atoms with E-state index in [-0.39, 0.29) is 28.7 Å². The molecule has 0 radical (unpaired) electrons. The summed E-state index contributed by atoms with van der Waals surface area (Å²) < 4.78 is 41.0. The lowest BCUT2D eigenvalue weighted by molar-refractivity contribution is -0.136. The normalized spacial score (nSPS) is 18.9. The molecule has 2 aromatic rings. The van der Waals surface area contributed by atoms with E-state index < -0.39 is 42.0 Å². The predicted octanol–water partition coefficient (Wildman–Crippen LogP) is 3.25. The number of primary amides is 1. The molecule has 1 aliphatic rings. The van der Waals surface area contributed by atoms with E-state index in [0.717, 1.165) is 20.5 Å². The van der Waals surface area contributed by atoms with Crippen molar-refractivity contribution in [2.75, 3.05) is 0 Å². The van der Waals surface area contributed by atoms with Gasteiger partial charge in [-0.15, -0.1) is 11.3 Å². The lowest BCUT2D eigenvalue weighted by Crippen LogP contribution is -2.53. The van der Waals surface area contributed by atoms with Crippen molar-refractivity contribution in [2.24, 2.45) is 11.7 Å². The molecular weight excluding hydrogens is 447 g/mol. The Morgan fingerprint density at radius 3 is 2.34 bits per heavy atom. The molecule has 0 unspecified atom stereocenters. The van der Waals surface area contributed by atoms with Crippen molar-refractivity contribution in [3.8, 4) is 0 Å². The highest BCUT2D eigenvalue weighted by molar-refractivity contribution is 7.18. The van der Waals surface area contributed by atoms with Crippen LogP contribution in [0.3, 0.4) is 0 Å². The Morgan fingerprint density at radius 1 is 1.28 bits per heavy atom. The van der Waals surface area contributed by atoms with Gasteiger partial charge in [0, 0.05) is 23.0 Å². The molecule has 12 heteroatoms. The first-order chi connectivity index (χ1) is 14.6. The summed E-state index contributed by atoms with van der Waals surface area (Å²) in [4.78, 5) is 39.0. The average molecular weight is 476 g/mol. The average Bonchev–Trinajstić information content (AvgIpc) is 3.23. The first-order valence-corrected chi connectivity index (χ1v) is 11.1. The third-order valence-corrected chi connectivity index (χ3v) is 6.70. The minimum absolute atomic E-state index is 0.00448. The van der Waals surface area contributed by atoms with Crippen molar-refractivity contribution >= 4 is 27.6 Å². The number of aromatic nitrogens is 2. The molecule has 1 fully saturated rings. The fourth-order valence-corrected chi connectivity index (χ4v) is 4.98. The number of carbonyl (C=O) groups is 1. The summed E-state index contributed by atoms with van der Waals surface area (Å²) >= 11 is 1.04. The molecule has 178 valence electrons. The largest absolute Gasteiger partial charge is 0.390 e. The molecule has 1 saturated carbocycles. The number of hydrazine groups is 1. The Labute approximate surface area is 186 Å². The van der Waals surface area contributed by atoms with Crippen molar-refractivity contribution < 1.29 is 18.0 Å². The minimum Gasteiger partial charge on any atom is -0.350 e. The monoisotopic (exact) mass is 475 g/mol. The summed E-state index contributed by atoms with van der Waals surface area (Å²) in [6.07, 6.45) is -5.01. The number of halogens is 3. The maximum absolute atomic E-state index is 13.2. The van der Waals surface area contributed by atoms with Crippen LogP contribution in [0.5, 0.6) is 0 Å². The third-order valence-electron chi connectivity index (χ3n) is 5.40. The van der Waals surface area contributed by atoms with Gasteiger partial charge in [-0.3, -0.25) is 18.9 Å². The molecule has 1 aliphatic carbocycles. The van der Waals surface area contributed by atoms with Gasteiger partial charge in [-0.2, -0.15) is 13.2 Å². The summed E-state index contributed by atoms with van der Waals surface area (Å²) in [7, 11) is 0. The molecule has 2 heterocycles. The molecule has 0 bridgehead atoms. The third kappa shape index (κ3) is 5.01. The maximum atomic E-state index is 13.2. The number of nitrogens with zero attached hydrogens (tertiary/aromatic N) is 3. The molecule has 3 N–H and O–H groups in total. The van der Waals surface area contributed by atoms with Crippen molar-refractivity contribution in [3.63, 3.8) is 0 Å². The van der Waals surface area contributed by atoms with Gasteiger partial charge >= 0.3 is 17.9 Å². The number of carbonyl (C=O) groups excluding carboxylic acids is 1. The molecular formula is C20H28F3N5O3S. The zero-order chi connectivity index (χ0) is 24.2. The highest BCUT2D eigenvalue weighted by Gasteiger charge is 2.38. The fourth-order valence-electron chi connectivity index (χ4n) is 3.67. The quantitative estimate of drug-likeness (QED) is 0.626. The number of thiophene rings is 1. The lowest BCUT2D eigenvalue weighted by Gasteiger charge is -2.30. The zero-order valence-corrected chi connectivity index (χ0v) is 19.5. The van der Waals surface area contributed by atoms with Gasteiger partial charge in [0.25, 0.3) is 5.56 Å². The van der Waals surface area contributed by atoms with Crippen molar-refractivity contribution in [1.82, 2.24) is 19.6 Å². The Kier molecular flexibility index (Phi) is 6.24. The van der Waals surface area contributed by atoms with Crippen LogP contribution in [0.2, 0.25) is 0 Å². The Hall–Kier alpha value is -2.34. The van der Waals surface area contributed by atoms with Crippen molar-refractivity contribution in [2.45, 2.75) is 78.3 Å². The highest BCUT2D eigenvalue weighted by Crippen LogP contribution is 2.41. The second-order valence-corrected chi connectivity index (χ2v) is 10.5. The molecule has 0 aromatic carbocycles. The minimum atomic E-state index is -4.45. The zero-order valence-electron chi connectivity index (χ0n) is 18.7. The Balaban J connectivity index is 2.16. The second kappa shape index (κ2) is 8.22. The van der Waals surface area contributed by atoms with E-state index in [4.69, 9.17) is 5.73 Å². The first kappa shape index (κ1) is 24.3. The molecule has 2 amide bonds. The molecule has 32 heavy (non-hydrogen) atoms. The molecule has 0 saturated heterocycles. The number of amides is 2. The SMILES string of the molecule is Cc1c(CN(NC(C)(C)C)C(N)=O)sc2c1c(=O)n([C@H]1C[C@@H]1C)c(=O)n2CCC(F)(F)F. The van der Waals surface area contributed by atoms with E-state index in [2.05, 4.69) is 5.43 Å². The van der Waals surface area contributed by atoms with E-state index in [1.54, 1.807) is 6.92 Å². The summed E-state index contributed by atoms with van der Waals surface area (Å²) in [5, 5.41) is 1.41. The van der Waals surface area contributed by atoms with Crippen molar-refractivity contribution in [3.05, 3.63) is 31.3 Å². The smallest absolute Gasteiger partial charge is 0.350 e. The summed E-state index contributed by atoms with van der Waals surface area (Å²) in [5.41, 5.74) is 7.27. The molecule has 3 rings (SSSR count). The predicted molar refractivity (Wildman–Crippen MR) is 117 cm³/mol. The molecule has 2 aromatic heterocycles. The van der Waals surface area contributed by atoms with Gasteiger partial charge in [-0.1, -0.05) is 6.92 Å². The lowest BCUT2D eigenvalue weighted by atomic mass is 10.1. The van der Waals surface area contributed by atoms with Crippen LogP contribution in [0.4, 0.5) is 18.0 Å². The van der Waals surface area contributed by atoms with Gasteiger partial charge in [0.1, 0.15) is 4.83 Å². The van der Waals surface area contributed by atoms with Crippen molar-refractivity contribution in [1.29, 1.82) is 0 Å². The second-order valence-electron chi connectivity index (χ2n) is 9.37. The number of nitrogens with two attached hydrogens (primary N) is 1. The summed E-state index contributed by atoms with van der Waals surface area (Å²) in [5.74, 6) is 0.105. The van der Waals surface area contributed by atoms with Crippen LogP contribution in [0.15, 0.2) is 9.59 Å². The number of alkyl halides is 3. The maximum Gasteiger partial charge on any atom is 0.390 e. The summed E-state index contributed by atoms with van der Waals surface area (Å²) in [6, 6.07) is -1.06. The standard InChI is InChI=1S/C20H28F3N5O3S/c1-10-8-12(10)28-15(29)14-11(2)13(9-27(17(24)30)25-19(3,4)5)32-16(14)26(18(28)31)7-6-20(21,22)23/h10,12,25H,6-9H2,1-5H3,(H2,24,30)/t10-,12-/m0/s1.